The average molecular weight is 1350 g/mol. The molecular weight excluding hydrogens is 1220 g/mol. The second kappa shape index (κ2) is 30.9. The summed E-state index contributed by atoms with van der Waals surface area (Å²) in [6.45, 7) is 51.7. The fourth-order valence-electron chi connectivity index (χ4n) is 19.0. The van der Waals surface area contributed by atoms with Crippen molar-refractivity contribution in [1.29, 1.82) is 0 Å². The van der Waals surface area contributed by atoms with Crippen LogP contribution in [-0.4, -0.2) is 68.1 Å². The molecule has 5 nitrogen and oxygen atoms in total. The second-order valence-corrected chi connectivity index (χ2v) is 44.5. The fraction of sp³-hybridized carbons (Fsp3) is 0.578. The third-order valence-electron chi connectivity index (χ3n) is 24.9. The van der Waals surface area contributed by atoms with E-state index in [-0.39, 0.29) is 51.5 Å². The van der Waals surface area contributed by atoms with Crippen LogP contribution in [0.4, 0.5) is 0 Å². The summed E-state index contributed by atoms with van der Waals surface area (Å²) in [5.74, 6) is 10.1. The maximum Gasteiger partial charge on any atom is 0.129 e. The van der Waals surface area contributed by atoms with Gasteiger partial charge in [-0.3, -0.25) is 0 Å². The highest BCUT2D eigenvalue weighted by Gasteiger charge is 2.52. The number of fused-ring (bicyclic) bond motifs is 9. The van der Waals surface area contributed by atoms with Crippen molar-refractivity contribution in [3.63, 3.8) is 0 Å². The summed E-state index contributed by atoms with van der Waals surface area (Å²) in [6, 6.07) is 22.2. The molecule has 3 saturated carbocycles. The summed E-state index contributed by atoms with van der Waals surface area (Å²) in [7, 11) is -0.652. The minimum atomic E-state index is -1.38. The summed E-state index contributed by atoms with van der Waals surface area (Å²) >= 11 is 0. The molecule has 12 rings (SSSR count). The smallest absolute Gasteiger partial charge is 0.129 e. The van der Waals surface area contributed by atoms with Crippen LogP contribution in [0.1, 0.15) is 237 Å². The van der Waals surface area contributed by atoms with Gasteiger partial charge in [0.1, 0.15) is 13.8 Å². The standard InChI is InChI=1S/C24H36O2Si.2C21H28O.C18H24O.C6H12Si/c1-16-18(9-8-10-22(16)26-4)11-12-20-17(2)23(27(5,6)7)15-24(3)14-19(25)13-21(20)24;2*1-13-5-7-17-16(14(13)2)6-8-18-19-11-15(22)12-20(19,3)9-10-21(17,18)4;1-14(2)13-18(19)12-7-5-6-10-17-11-8-9-15(3)16(17)4;1-5-6-7(2,3)4/h8-10,19,25H,11-15H2,1-7H3;2*5,7,15,22H,6,8-12H2,1-4H3;8-9,11,18-19H,1,6,10,12-13H2,2-4H3;1-4H3/t19-,24+;15-,20-,21+;15-,20-,21-;18-;/m0000./s1. The van der Waals surface area contributed by atoms with Gasteiger partial charge in [0.25, 0.3) is 0 Å². The van der Waals surface area contributed by atoms with Gasteiger partial charge in [0.05, 0.1) is 39.6 Å². The van der Waals surface area contributed by atoms with E-state index in [2.05, 4.69) is 214 Å². The molecule has 8 aliphatic carbocycles. The van der Waals surface area contributed by atoms with E-state index in [0.717, 1.165) is 82.0 Å². The van der Waals surface area contributed by atoms with Crippen LogP contribution in [0.5, 0.6) is 5.75 Å². The van der Waals surface area contributed by atoms with Gasteiger partial charge in [-0.1, -0.05) is 173 Å². The summed E-state index contributed by atoms with van der Waals surface area (Å²) in [6.07, 6.45) is 20.8. The topological polar surface area (TPSA) is 90.2 Å². The lowest BCUT2D eigenvalue weighted by molar-refractivity contribution is 0.156. The van der Waals surface area contributed by atoms with Crippen molar-refractivity contribution in [3.05, 3.63) is 189 Å². The second-order valence-electron chi connectivity index (χ2n) is 34.6. The Hall–Kier alpha value is -5.23. The molecule has 8 aliphatic rings. The fourth-order valence-corrected chi connectivity index (χ4v) is 22.0. The Balaban J connectivity index is 0.000000161. The van der Waals surface area contributed by atoms with Gasteiger partial charge in [0.2, 0.25) is 0 Å². The van der Waals surface area contributed by atoms with Crippen LogP contribution in [0.2, 0.25) is 39.3 Å². The predicted octanol–water partition coefficient (Wildman–Crippen LogP) is 21.4. The molecule has 9 atom stereocenters. The average Bonchev–Trinajstić information content (AvgIpc) is 1.67. The first-order valence-electron chi connectivity index (χ1n) is 37.4. The summed E-state index contributed by atoms with van der Waals surface area (Å²) in [4.78, 5) is 0. The quantitative estimate of drug-likeness (QED) is 0.0722. The highest BCUT2D eigenvalue weighted by Crippen LogP contribution is 2.62. The number of aryl methyl sites for hydroxylation is 5. The minimum absolute atomic E-state index is 0.115. The van der Waals surface area contributed by atoms with Gasteiger partial charge in [-0.05, 0) is 291 Å². The largest absolute Gasteiger partial charge is 0.496 e. The molecule has 0 aromatic heterocycles. The Labute approximate surface area is 592 Å². The normalized spacial score (nSPS) is 26.9. The van der Waals surface area contributed by atoms with Crippen LogP contribution in [0, 0.1) is 88.0 Å². The molecule has 4 aromatic rings. The van der Waals surface area contributed by atoms with Gasteiger partial charge in [0.15, 0.2) is 0 Å². The van der Waals surface area contributed by atoms with Gasteiger partial charge >= 0.3 is 0 Å². The van der Waals surface area contributed by atoms with Crippen LogP contribution in [0.25, 0.3) is 0 Å². The number of hydrogen-bond donors (Lipinski definition) is 4. The van der Waals surface area contributed by atoms with Crippen molar-refractivity contribution < 1.29 is 25.2 Å². The van der Waals surface area contributed by atoms with Crippen molar-refractivity contribution in [2.24, 2.45) is 16.2 Å². The molecule has 3 fully saturated rings. The third kappa shape index (κ3) is 17.2. The summed E-state index contributed by atoms with van der Waals surface area (Å²) < 4.78 is 5.51. The molecule has 4 N–H and O–H groups in total. The van der Waals surface area contributed by atoms with Gasteiger partial charge in [0, 0.05) is 23.7 Å². The lowest BCUT2D eigenvalue weighted by Gasteiger charge is -2.48. The number of methoxy groups -OCH3 is 1. The Morgan fingerprint density at radius 2 is 1.04 bits per heavy atom. The molecule has 4 aromatic carbocycles. The Kier molecular flexibility index (Phi) is 24.7. The first-order chi connectivity index (χ1) is 45.3. The van der Waals surface area contributed by atoms with E-state index in [1.54, 1.807) is 62.4 Å². The van der Waals surface area contributed by atoms with Gasteiger partial charge in [-0.25, -0.2) is 0 Å². The monoisotopic (exact) mass is 1340 g/mol. The van der Waals surface area contributed by atoms with E-state index >= 15 is 0 Å². The van der Waals surface area contributed by atoms with E-state index in [4.69, 9.17) is 4.74 Å². The van der Waals surface area contributed by atoms with Crippen molar-refractivity contribution in [2.75, 3.05) is 7.11 Å². The van der Waals surface area contributed by atoms with E-state index in [1.807, 2.05) is 19.9 Å². The third-order valence-corrected chi connectivity index (χ3v) is 28.3. The highest BCUT2D eigenvalue weighted by molar-refractivity contribution is 6.84. The molecule has 0 amide bonds. The molecule has 0 bridgehead atoms. The van der Waals surface area contributed by atoms with Crippen molar-refractivity contribution in [2.45, 2.75) is 313 Å². The lowest BCUT2D eigenvalue weighted by Crippen LogP contribution is -2.38. The zero-order valence-electron chi connectivity index (χ0n) is 64.8. The molecule has 0 spiro atoms. The van der Waals surface area contributed by atoms with Crippen LogP contribution in [-0.2, 0) is 36.5 Å². The maximum absolute atomic E-state index is 10.5. The van der Waals surface area contributed by atoms with Crippen LogP contribution in [0.3, 0.4) is 0 Å². The Bertz CT molecular complexity index is 3730. The molecule has 97 heavy (non-hydrogen) atoms. The van der Waals surface area contributed by atoms with Crippen molar-refractivity contribution in [3.8, 4) is 29.1 Å². The molecule has 7 heteroatoms. The number of ether oxygens (including phenoxy) is 1. The first-order valence-corrected chi connectivity index (χ1v) is 44.4. The number of rotatable bonds is 10. The molecule has 0 saturated heterocycles. The number of aliphatic hydroxyl groups excluding tert-OH is 4. The van der Waals surface area contributed by atoms with Gasteiger partial charge in [-0.15, -0.1) is 29.9 Å². The van der Waals surface area contributed by atoms with Crippen LogP contribution < -0.4 is 4.74 Å². The predicted molar refractivity (Wildman–Crippen MR) is 418 cm³/mol. The van der Waals surface area contributed by atoms with Gasteiger partial charge < -0.3 is 25.2 Å². The number of aliphatic hydroxyl groups is 4. The Morgan fingerprint density at radius 1 is 0.567 bits per heavy atom. The van der Waals surface area contributed by atoms with E-state index in [1.165, 1.54) is 113 Å². The van der Waals surface area contributed by atoms with Crippen molar-refractivity contribution >= 4 is 16.1 Å². The minimum Gasteiger partial charge on any atom is -0.496 e. The molecule has 0 aliphatic heterocycles. The number of hydrogen-bond acceptors (Lipinski definition) is 5. The lowest BCUT2D eigenvalue weighted by atomic mass is 9.56. The Morgan fingerprint density at radius 3 is 1.51 bits per heavy atom. The number of benzene rings is 4. The molecule has 526 valence electrons. The highest BCUT2D eigenvalue weighted by atomic mass is 28.3. The van der Waals surface area contributed by atoms with Crippen molar-refractivity contribution in [1.82, 2.24) is 0 Å². The van der Waals surface area contributed by atoms with Crippen LogP contribution >= 0.6 is 0 Å². The molecule has 0 heterocycles. The summed E-state index contributed by atoms with van der Waals surface area (Å²) in [5, 5.41) is 42.3. The summed E-state index contributed by atoms with van der Waals surface area (Å²) in [5.41, 5.74) is 35.4. The zero-order chi connectivity index (χ0) is 71.5. The molecule has 0 unspecified atom stereocenters. The molecular formula is C90H128O5Si2. The van der Waals surface area contributed by atoms with Gasteiger partial charge in [-0.2, -0.15) is 0 Å². The number of allylic oxidation sites excluding steroid dienone is 5. The van der Waals surface area contributed by atoms with E-state index < -0.39 is 16.1 Å². The SMILES string of the molecule is C=C(C)C[C@@H](O)CC#CCCc1cccc(C)c1C.CC#C[Si](C)(C)C.COc1cccc(CCC2=C3C[C@H](O)C[C@]3(C)CC([Si](C)(C)C)=C2C)c1C.Cc1ccc2c(c1C)CCC1=C3C[C@H](O)C[C@]3(C)CC[C@@]12C.Cc1ccc2c(c1C)CCC1=C3C[C@H](O)C[C@]3(C)CC[C@]12C. The van der Waals surface area contributed by atoms with E-state index in [9.17, 15) is 20.4 Å². The maximum atomic E-state index is 10.5. The van der Waals surface area contributed by atoms with Crippen LogP contribution in [0.15, 0.2) is 117 Å². The molecule has 0 radical (unpaired) electrons. The zero-order valence-corrected chi connectivity index (χ0v) is 66.8. The van der Waals surface area contributed by atoms with E-state index in [0.29, 0.717) is 12.8 Å². The first kappa shape index (κ1) is 77.5.